The molecule has 1 aromatic heterocycles. The van der Waals surface area contributed by atoms with Gasteiger partial charge in [-0.15, -0.1) is 0 Å². The Labute approximate surface area is 147 Å². The number of halogens is 2. The third kappa shape index (κ3) is 3.05. The lowest BCUT2D eigenvalue weighted by molar-refractivity contribution is 0.137. The Hall–Kier alpha value is -3.16. The number of hydrogen-bond donors (Lipinski definition) is 2. The normalized spacial score (nSPS) is 14.9. The van der Waals surface area contributed by atoms with E-state index in [1.807, 2.05) is 6.07 Å². The van der Waals surface area contributed by atoms with Gasteiger partial charge in [0, 0.05) is 23.1 Å². The molecular formula is C18H15F2N3O3. The van der Waals surface area contributed by atoms with Crippen molar-refractivity contribution in [2.24, 2.45) is 0 Å². The number of rotatable bonds is 0. The van der Waals surface area contributed by atoms with Crippen LogP contribution in [0.3, 0.4) is 0 Å². The Morgan fingerprint density at radius 2 is 2.00 bits per heavy atom. The summed E-state index contributed by atoms with van der Waals surface area (Å²) in [4.78, 5) is 11.7. The van der Waals surface area contributed by atoms with Crippen LogP contribution in [0.1, 0.15) is 12.0 Å². The third-order valence-corrected chi connectivity index (χ3v) is 4.13. The Balaban J connectivity index is 1.85. The molecule has 26 heavy (non-hydrogen) atoms. The number of alkyl carbamates (subject to hydrolysis) is 1. The molecule has 0 atom stereocenters. The van der Waals surface area contributed by atoms with E-state index in [9.17, 15) is 13.6 Å². The average Bonchev–Trinajstić information content (AvgIpc) is 3.05. The van der Waals surface area contributed by atoms with Crippen LogP contribution in [-0.2, 0) is 11.3 Å². The molecule has 0 unspecified atom stereocenters. The lowest BCUT2D eigenvalue weighted by atomic mass is 10.0. The summed E-state index contributed by atoms with van der Waals surface area (Å²) in [6.07, 6.45) is -0.130. The maximum atomic E-state index is 14.1. The summed E-state index contributed by atoms with van der Waals surface area (Å²) >= 11 is 0. The second kappa shape index (κ2) is 6.62. The molecule has 0 fully saturated rings. The van der Waals surface area contributed by atoms with Gasteiger partial charge in [0.15, 0.2) is 11.6 Å². The van der Waals surface area contributed by atoms with Crippen molar-refractivity contribution < 1.29 is 23.0 Å². The Morgan fingerprint density at radius 3 is 2.88 bits per heavy atom. The van der Waals surface area contributed by atoms with Gasteiger partial charge in [0.1, 0.15) is 18.1 Å². The van der Waals surface area contributed by atoms with Gasteiger partial charge in [0.05, 0.1) is 12.1 Å². The molecule has 2 N–H and O–H groups in total. The standard InChI is InChI=1S/C18H15F2N3O3/c19-14-7-10-6-11(16(14)20)9-26-18(24)21-4-1-5-25-12-2-3-15-13(8-12)17(10)23-22-15/h2-3,6-8H,1,4-5,9H2,(H,21,24)(H,22,23). The number of aromatic nitrogens is 2. The predicted octanol–water partition coefficient (Wildman–Crippen LogP) is 3.52. The molecule has 0 aliphatic carbocycles. The molecule has 134 valence electrons. The van der Waals surface area contributed by atoms with E-state index in [1.54, 1.807) is 12.1 Å². The number of H-pyrrole nitrogens is 1. The van der Waals surface area contributed by atoms with Crippen molar-refractivity contribution in [1.29, 1.82) is 0 Å². The molecule has 4 rings (SSSR count). The number of nitrogens with zero attached hydrogens (tertiary/aromatic N) is 1. The van der Waals surface area contributed by atoms with E-state index in [0.29, 0.717) is 36.6 Å². The Bertz CT molecular complexity index is 987. The molecule has 1 aliphatic rings. The summed E-state index contributed by atoms with van der Waals surface area (Å²) in [7, 11) is 0. The summed E-state index contributed by atoms with van der Waals surface area (Å²) in [5.74, 6) is -1.45. The maximum Gasteiger partial charge on any atom is 0.407 e. The van der Waals surface area contributed by atoms with Crippen LogP contribution in [0.25, 0.3) is 22.2 Å². The fourth-order valence-corrected chi connectivity index (χ4v) is 2.84. The first kappa shape index (κ1) is 16.3. The van der Waals surface area contributed by atoms with Gasteiger partial charge in [0.2, 0.25) is 0 Å². The fraction of sp³-hybridized carbons (Fsp3) is 0.222. The number of benzene rings is 2. The number of carbonyl (C=O) groups is 1. The van der Waals surface area contributed by atoms with Crippen LogP contribution in [0.4, 0.5) is 13.6 Å². The zero-order valence-corrected chi connectivity index (χ0v) is 13.6. The Kier molecular flexibility index (Phi) is 4.16. The number of nitrogens with one attached hydrogen (secondary N) is 2. The second-order valence-corrected chi connectivity index (χ2v) is 5.92. The second-order valence-electron chi connectivity index (χ2n) is 5.92. The van der Waals surface area contributed by atoms with Crippen molar-refractivity contribution in [3.05, 3.63) is 47.5 Å². The van der Waals surface area contributed by atoms with Gasteiger partial charge in [-0.1, -0.05) is 0 Å². The van der Waals surface area contributed by atoms with E-state index in [0.717, 1.165) is 17.0 Å². The van der Waals surface area contributed by atoms with E-state index in [2.05, 4.69) is 15.5 Å². The van der Waals surface area contributed by atoms with Crippen molar-refractivity contribution in [3.8, 4) is 17.0 Å². The minimum Gasteiger partial charge on any atom is -0.494 e. The van der Waals surface area contributed by atoms with Gasteiger partial charge in [-0.25, -0.2) is 13.6 Å². The van der Waals surface area contributed by atoms with Crippen molar-refractivity contribution in [1.82, 2.24) is 15.5 Å². The number of amides is 1. The number of carbonyl (C=O) groups excluding carboxylic acids is 1. The van der Waals surface area contributed by atoms with E-state index >= 15 is 0 Å². The van der Waals surface area contributed by atoms with Crippen LogP contribution >= 0.6 is 0 Å². The SMILES string of the molecule is O=C1NCCCOc2ccc3[nH]nc(c3c2)-c2cc(F)c(F)c(c2)CO1. The Morgan fingerprint density at radius 1 is 1.12 bits per heavy atom. The highest BCUT2D eigenvalue weighted by Gasteiger charge is 2.17. The smallest absolute Gasteiger partial charge is 0.407 e. The topological polar surface area (TPSA) is 76.2 Å². The number of hydrogen-bond acceptors (Lipinski definition) is 4. The largest absolute Gasteiger partial charge is 0.494 e. The molecule has 4 bridgehead atoms. The van der Waals surface area contributed by atoms with Gasteiger partial charge < -0.3 is 14.8 Å². The van der Waals surface area contributed by atoms with Crippen LogP contribution in [0, 0.1) is 11.6 Å². The number of cyclic esters (lactones) is 1. The zero-order valence-electron chi connectivity index (χ0n) is 13.6. The quantitative estimate of drug-likeness (QED) is 0.644. The van der Waals surface area contributed by atoms with Crippen molar-refractivity contribution >= 4 is 17.0 Å². The average molecular weight is 359 g/mol. The van der Waals surface area contributed by atoms with Crippen LogP contribution in [-0.4, -0.2) is 29.4 Å². The van der Waals surface area contributed by atoms with Crippen LogP contribution in [0.2, 0.25) is 0 Å². The van der Waals surface area contributed by atoms with E-state index in [1.165, 1.54) is 6.07 Å². The van der Waals surface area contributed by atoms with Crippen LogP contribution < -0.4 is 10.1 Å². The molecule has 3 aromatic rings. The van der Waals surface area contributed by atoms with Crippen LogP contribution in [0.15, 0.2) is 30.3 Å². The predicted molar refractivity (Wildman–Crippen MR) is 89.7 cm³/mol. The number of fused-ring (bicyclic) bond motifs is 4. The maximum absolute atomic E-state index is 14.1. The van der Waals surface area contributed by atoms with Gasteiger partial charge in [0.25, 0.3) is 0 Å². The summed E-state index contributed by atoms with van der Waals surface area (Å²) in [5, 5.41) is 10.3. The number of aromatic amines is 1. The van der Waals surface area contributed by atoms with E-state index < -0.39 is 17.7 Å². The van der Waals surface area contributed by atoms with Gasteiger partial charge in [-0.05, 0) is 36.8 Å². The monoisotopic (exact) mass is 359 g/mol. The van der Waals surface area contributed by atoms with Gasteiger partial charge in [-0.2, -0.15) is 5.10 Å². The highest BCUT2D eigenvalue weighted by atomic mass is 19.2. The molecule has 6 nitrogen and oxygen atoms in total. The summed E-state index contributed by atoms with van der Waals surface area (Å²) in [6, 6.07) is 7.89. The van der Waals surface area contributed by atoms with Gasteiger partial charge >= 0.3 is 6.09 Å². The van der Waals surface area contributed by atoms with Gasteiger partial charge in [-0.3, -0.25) is 5.10 Å². The third-order valence-electron chi connectivity index (χ3n) is 4.13. The first-order valence-corrected chi connectivity index (χ1v) is 8.11. The molecule has 2 heterocycles. The lowest BCUT2D eigenvalue weighted by Crippen LogP contribution is -2.26. The lowest BCUT2D eigenvalue weighted by Gasteiger charge is -2.09. The zero-order chi connectivity index (χ0) is 18.1. The van der Waals surface area contributed by atoms with Crippen molar-refractivity contribution in [2.75, 3.05) is 13.2 Å². The summed E-state index contributed by atoms with van der Waals surface area (Å²) in [6.45, 7) is 0.359. The summed E-state index contributed by atoms with van der Waals surface area (Å²) < 4.78 is 38.8. The summed E-state index contributed by atoms with van der Waals surface area (Å²) in [5.41, 5.74) is 1.52. The molecular weight excluding hydrogens is 344 g/mol. The van der Waals surface area contributed by atoms with E-state index in [4.69, 9.17) is 9.47 Å². The molecule has 0 saturated heterocycles. The highest BCUT2D eigenvalue weighted by Crippen LogP contribution is 2.31. The van der Waals surface area contributed by atoms with Crippen molar-refractivity contribution in [3.63, 3.8) is 0 Å². The molecule has 8 heteroatoms. The van der Waals surface area contributed by atoms with E-state index in [-0.39, 0.29) is 12.2 Å². The molecule has 0 spiro atoms. The van der Waals surface area contributed by atoms with Crippen LogP contribution in [0.5, 0.6) is 5.75 Å². The minimum atomic E-state index is -1.05. The molecule has 1 amide bonds. The first-order chi connectivity index (χ1) is 12.6. The fourth-order valence-electron chi connectivity index (χ4n) is 2.84. The molecule has 1 aliphatic heterocycles. The van der Waals surface area contributed by atoms with Crippen molar-refractivity contribution in [2.45, 2.75) is 13.0 Å². The first-order valence-electron chi connectivity index (χ1n) is 8.11. The molecule has 2 aromatic carbocycles. The highest BCUT2D eigenvalue weighted by molar-refractivity contribution is 5.93. The molecule has 0 radical (unpaired) electrons. The molecule has 0 saturated carbocycles. The minimum absolute atomic E-state index is 0.0615. The number of ether oxygens (including phenoxy) is 2.